The molecule has 320 valence electrons. The average Bonchev–Trinajstić information content (AvgIpc) is 3.23. The van der Waals surface area contributed by atoms with Gasteiger partial charge >= 0.3 is 0 Å². The number of hydrogen-bond donors (Lipinski definition) is 0. The van der Waals surface area contributed by atoms with Gasteiger partial charge in [0.05, 0.1) is 102 Å². The predicted octanol–water partition coefficient (Wildman–Crippen LogP) is 4.17. The summed E-state index contributed by atoms with van der Waals surface area (Å²) in [7, 11) is 0. The number of hydrogen-bond acceptors (Lipinski definition) is 16. The Labute approximate surface area is 330 Å². The molecule has 30 heterocycles. The summed E-state index contributed by atoms with van der Waals surface area (Å²) in [5.74, 6) is 0. The van der Waals surface area contributed by atoms with Crippen LogP contribution in [0.25, 0.3) is 0 Å². The van der Waals surface area contributed by atoms with Crippen molar-refractivity contribution in [2.24, 2.45) is 0 Å². The van der Waals surface area contributed by atoms with Gasteiger partial charge in [0.2, 0.25) is 0 Å². The van der Waals surface area contributed by atoms with Crippen molar-refractivity contribution in [3.63, 3.8) is 0 Å². The van der Waals surface area contributed by atoms with Gasteiger partial charge in [-0.05, 0) is 51.4 Å². The minimum absolute atomic E-state index is 0.0208. The molecule has 0 spiro atoms. The van der Waals surface area contributed by atoms with Crippen molar-refractivity contribution in [1.29, 1.82) is 0 Å². The fourth-order valence-electron chi connectivity index (χ4n) is 9.06. The summed E-state index contributed by atoms with van der Waals surface area (Å²) in [6, 6.07) is 0. The molecule has 0 aromatic rings. The van der Waals surface area contributed by atoms with Crippen LogP contribution in [0, 0.1) is 0 Å². The van der Waals surface area contributed by atoms with Gasteiger partial charge in [0.1, 0.15) is 0 Å². The van der Waals surface area contributed by atoms with Crippen LogP contribution in [0.5, 0.6) is 0 Å². The molecule has 30 fully saturated rings. The highest BCUT2D eigenvalue weighted by atomic mass is 16.8. The Balaban J connectivity index is 0.729. The highest BCUT2D eigenvalue weighted by molar-refractivity contribution is 4.78. The van der Waals surface area contributed by atoms with Gasteiger partial charge in [-0.3, -0.25) is 0 Å². The maximum atomic E-state index is 6.27. The van der Waals surface area contributed by atoms with E-state index in [2.05, 4.69) is 0 Å². The molecule has 0 aromatic carbocycles. The minimum Gasteiger partial charge on any atom is -0.350 e. The Morgan fingerprint density at radius 3 is 0.375 bits per heavy atom. The van der Waals surface area contributed by atoms with E-state index in [0.29, 0.717) is 52.9 Å². The van der Waals surface area contributed by atoms with E-state index < -0.39 is 0 Å². The molecule has 30 aliphatic heterocycles. The molecular formula is C40H64O16. The molecule has 0 radical (unpaired) electrons. The Morgan fingerprint density at radius 2 is 0.286 bits per heavy atom. The van der Waals surface area contributed by atoms with Crippen molar-refractivity contribution in [2.45, 2.75) is 202 Å². The van der Waals surface area contributed by atoms with E-state index in [9.17, 15) is 0 Å². The van der Waals surface area contributed by atoms with Crippen LogP contribution >= 0.6 is 0 Å². The topological polar surface area (TPSA) is 148 Å². The lowest BCUT2D eigenvalue weighted by Gasteiger charge is -2.39. The summed E-state index contributed by atoms with van der Waals surface area (Å²) in [5.41, 5.74) is 0. The van der Waals surface area contributed by atoms with Crippen LogP contribution < -0.4 is 0 Å². The van der Waals surface area contributed by atoms with Gasteiger partial charge in [-0.25, -0.2) is 0 Å². The zero-order valence-corrected chi connectivity index (χ0v) is 32.7. The van der Waals surface area contributed by atoms with Crippen LogP contribution in [0.15, 0.2) is 0 Å². The van der Waals surface area contributed by atoms with Crippen LogP contribution in [0.1, 0.15) is 103 Å². The summed E-state index contributed by atoms with van der Waals surface area (Å²) in [4.78, 5) is 0. The minimum atomic E-state index is -0.259. The second-order valence-corrected chi connectivity index (χ2v) is 16.8. The maximum Gasteiger partial charge on any atom is 0.158 e. The second kappa shape index (κ2) is 20.3. The normalized spacial score (nSPS) is 48.0. The van der Waals surface area contributed by atoms with Gasteiger partial charge in [0, 0.05) is 51.4 Å². The average molecular weight is 801 g/mol. The van der Waals surface area contributed by atoms with Crippen molar-refractivity contribution >= 4 is 0 Å². The summed E-state index contributed by atoms with van der Waals surface area (Å²) in [5, 5.41) is 0. The number of ether oxygens (including phenoxy) is 16. The molecule has 0 aromatic heterocycles. The SMILES string of the molecule is C1CC2OCC1OC1CCC(CO1)OC1CCC(CO1)OC1CCC(CO1)OC1CCC(CO1)OC1CCC(CO1)OC1CCC(CO1)OC1CCC(CO1)O2. The first kappa shape index (κ1) is 40.7. The summed E-state index contributed by atoms with van der Waals surface area (Å²) in [6.07, 6.45) is 10.8. The van der Waals surface area contributed by atoms with Gasteiger partial charge in [-0.1, -0.05) is 0 Å². The smallest absolute Gasteiger partial charge is 0.158 e. The van der Waals surface area contributed by atoms with Gasteiger partial charge in [0.15, 0.2) is 50.3 Å². The molecule has 16 nitrogen and oxygen atoms in total. The fraction of sp³-hybridized carbons (Fsp3) is 1.00. The first-order valence-corrected chi connectivity index (χ1v) is 21.8. The van der Waals surface area contributed by atoms with E-state index in [1.54, 1.807) is 0 Å². The van der Waals surface area contributed by atoms with Crippen LogP contribution in [0.2, 0.25) is 0 Å². The molecule has 0 N–H and O–H groups in total. The summed E-state index contributed by atoms with van der Waals surface area (Å²) in [6.45, 7) is 3.84. The molecule has 0 amide bonds. The molecule has 30 aliphatic rings. The van der Waals surface area contributed by atoms with Crippen molar-refractivity contribution in [1.82, 2.24) is 0 Å². The molecule has 0 aliphatic carbocycles. The quantitative estimate of drug-likeness (QED) is 0.345. The summed E-state index contributed by atoms with van der Waals surface area (Å²) < 4.78 is 98.7. The zero-order chi connectivity index (χ0) is 37.5. The van der Waals surface area contributed by atoms with E-state index in [1.807, 2.05) is 0 Å². The number of rotatable bonds is 0. The van der Waals surface area contributed by atoms with Gasteiger partial charge < -0.3 is 75.8 Å². The van der Waals surface area contributed by atoms with Gasteiger partial charge in [0.25, 0.3) is 0 Å². The Bertz CT molecular complexity index is 777. The maximum absolute atomic E-state index is 6.27. The molecule has 16 unspecified atom stereocenters. The van der Waals surface area contributed by atoms with Crippen LogP contribution in [-0.4, -0.2) is 152 Å². The summed E-state index contributed by atoms with van der Waals surface area (Å²) >= 11 is 0. The fourth-order valence-corrected chi connectivity index (χ4v) is 9.06. The highest BCUT2D eigenvalue weighted by Crippen LogP contribution is 2.31. The van der Waals surface area contributed by atoms with Crippen molar-refractivity contribution in [2.75, 3.05) is 52.9 Å². The first-order valence-electron chi connectivity index (χ1n) is 21.8. The third kappa shape index (κ3) is 11.8. The van der Waals surface area contributed by atoms with E-state index in [1.165, 1.54) is 0 Å². The Hall–Kier alpha value is -0.640. The highest BCUT2D eigenvalue weighted by Gasteiger charge is 2.37. The van der Waals surface area contributed by atoms with Gasteiger partial charge in [-0.2, -0.15) is 0 Å². The molecule has 0 saturated carbocycles. The standard InChI is InChI=1S/C40H64O16/c1-9-33-41-17-25(1)49-34-10-2-27(19-42-34)51-36-12-4-29(21-44-36)53-38-14-6-31(23-46-38)55-40-16-8-32(24-48-40)56-39-15-7-30(22-47-39)54-37-13-5-28(20-45-37)52-35-11-3-26(50-33)18-43-35/h25-40H,1-24H2. The third-order valence-electron chi connectivity index (χ3n) is 12.3. The second-order valence-electron chi connectivity index (χ2n) is 16.8. The van der Waals surface area contributed by atoms with Crippen molar-refractivity contribution in [3.8, 4) is 0 Å². The molecule has 16 bridgehead atoms. The van der Waals surface area contributed by atoms with Crippen LogP contribution in [0.3, 0.4) is 0 Å². The third-order valence-corrected chi connectivity index (χ3v) is 12.3. The van der Waals surface area contributed by atoms with E-state index in [4.69, 9.17) is 75.8 Å². The lowest BCUT2D eigenvalue weighted by molar-refractivity contribution is -0.297. The molecule has 56 heavy (non-hydrogen) atoms. The Morgan fingerprint density at radius 1 is 0.161 bits per heavy atom. The predicted molar refractivity (Wildman–Crippen MR) is 191 cm³/mol. The van der Waals surface area contributed by atoms with Crippen LogP contribution in [-0.2, 0) is 75.8 Å². The molecular weight excluding hydrogens is 736 g/mol. The van der Waals surface area contributed by atoms with E-state index in [-0.39, 0.29) is 99.2 Å². The Kier molecular flexibility index (Phi) is 14.8. The van der Waals surface area contributed by atoms with Gasteiger partial charge in [-0.15, -0.1) is 0 Å². The lowest BCUT2D eigenvalue weighted by atomic mass is 10.1. The van der Waals surface area contributed by atoms with E-state index >= 15 is 0 Å². The van der Waals surface area contributed by atoms with Crippen LogP contribution in [0.4, 0.5) is 0 Å². The van der Waals surface area contributed by atoms with Crippen molar-refractivity contribution < 1.29 is 75.8 Å². The van der Waals surface area contributed by atoms with E-state index in [0.717, 1.165) is 103 Å². The monoisotopic (exact) mass is 800 g/mol. The molecule has 16 atom stereocenters. The molecule has 16 heteroatoms. The molecule has 30 saturated heterocycles. The first-order chi connectivity index (χ1) is 27.6. The molecule has 30 rings (SSSR count). The largest absolute Gasteiger partial charge is 0.350 e. The lowest BCUT2D eigenvalue weighted by Crippen LogP contribution is -2.44. The van der Waals surface area contributed by atoms with Crippen molar-refractivity contribution in [3.05, 3.63) is 0 Å². The zero-order valence-electron chi connectivity index (χ0n) is 32.7.